The molecule has 0 amide bonds. The van der Waals surface area contributed by atoms with Crippen LogP contribution in [0.2, 0.25) is 0 Å². The number of rotatable bonds is 2. The van der Waals surface area contributed by atoms with E-state index in [0.717, 1.165) is 0 Å². The maximum absolute atomic E-state index is 10.2. The van der Waals surface area contributed by atoms with Crippen molar-refractivity contribution in [1.29, 1.82) is 0 Å². The minimum Gasteiger partial charge on any atom is -0.273 e. The van der Waals surface area contributed by atoms with Crippen LogP contribution in [0.25, 0.3) is 0 Å². The first-order valence-electron chi connectivity index (χ1n) is 2.90. The maximum atomic E-state index is 10.2. The van der Waals surface area contributed by atoms with Gasteiger partial charge in [0.05, 0.1) is 0 Å². The first kappa shape index (κ1) is 8.32. The highest BCUT2D eigenvalue weighted by atomic mass is 32.2. The largest absolute Gasteiger partial charge is 0.333 e. The number of hydrogen-bond acceptors (Lipinski definition) is 3. The van der Waals surface area contributed by atoms with E-state index in [9.17, 15) is 8.42 Å². The third kappa shape index (κ3) is 2.45. The monoisotopic (exact) mass is 183 g/mol. The molecule has 1 aliphatic rings. The van der Waals surface area contributed by atoms with Crippen molar-refractivity contribution in [2.75, 3.05) is 0 Å². The molecule has 0 bridgehead atoms. The smallest absolute Gasteiger partial charge is 0.273 e. The molecular weight excluding hydrogens is 174 g/mol. The van der Waals surface area contributed by atoms with E-state index < -0.39 is 10.3 Å². The topological polar surface area (TPSA) is 66.4 Å². The summed E-state index contributed by atoms with van der Waals surface area (Å²) in [6.45, 7) is 0. The molecule has 6 heteroatoms. The second-order valence-corrected chi connectivity index (χ2v) is 4.33. The standard InChI is InChI=1S/C4H9NO3S2/c6-10(7,8)5-3-1-4(9)2-3/h3-5,9H,1-2H2,(H,6,7,8). The summed E-state index contributed by atoms with van der Waals surface area (Å²) in [5.74, 6) is 0. The molecule has 0 aromatic carbocycles. The Balaban J connectivity index is 2.30. The van der Waals surface area contributed by atoms with Gasteiger partial charge in [0.1, 0.15) is 0 Å². The molecule has 4 nitrogen and oxygen atoms in total. The zero-order chi connectivity index (χ0) is 7.78. The van der Waals surface area contributed by atoms with E-state index in [-0.39, 0.29) is 11.3 Å². The average molecular weight is 183 g/mol. The van der Waals surface area contributed by atoms with Crippen LogP contribution in [0.1, 0.15) is 12.8 Å². The first-order valence-corrected chi connectivity index (χ1v) is 4.86. The van der Waals surface area contributed by atoms with Crippen molar-refractivity contribution in [2.45, 2.75) is 24.1 Å². The average Bonchev–Trinajstić information content (AvgIpc) is 1.57. The van der Waals surface area contributed by atoms with Gasteiger partial charge in [-0.2, -0.15) is 25.8 Å². The van der Waals surface area contributed by atoms with Crippen LogP contribution in [0.4, 0.5) is 0 Å². The first-order chi connectivity index (χ1) is 4.47. The Labute approximate surface area is 65.3 Å². The Bertz CT molecular complexity index is 207. The molecule has 0 aromatic heterocycles. The predicted molar refractivity (Wildman–Crippen MR) is 40.5 cm³/mol. The lowest BCUT2D eigenvalue weighted by molar-refractivity contribution is 0.375. The molecule has 1 saturated carbocycles. The second kappa shape index (κ2) is 2.69. The van der Waals surface area contributed by atoms with Gasteiger partial charge in [0, 0.05) is 11.3 Å². The highest BCUT2D eigenvalue weighted by molar-refractivity contribution is 7.83. The minimum atomic E-state index is -3.99. The van der Waals surface area contributed by atoms with Gasteiger partial charge in [-0.1, -0.05) is 0 Å². The van der Waals surface area contributed by atoms with Crippen LogP contribution in [0.3, 0.4) is 0 Å². The summed E-state index contributed by atoms with van der Waals surface area (Å²) >= 11 is 4.08. The third-order valence-electron chi connectivity index (χ3n) is 1.43. The van der Waals surface area contributed by atoms with E-state index in [1.807, 2.05) is 0 Å². The van der Waals surface area contributed by atoms with Crippen molar-refractivity contribution >= 4 is 22.9 Å². The SMILES string of the molecule is O=S(=O)(O)NC1CC(S)C1. The van der Waals surface area contributed by atoms with Crippen molar-refractivity contribution in [3.63, 3.8) is 0 Å². The lowest BCUT2D eigenvalue weighted by atomic mass is 9.93. The van der Waals surface area contributed by atoms with Gasteiger partial charge in [-0.3, -0.25) is 4.55 Å². The van der Waals surface area contributed by atoms with Gasteiger partial charge >= 0.3 is 10.3 Å². The Kier molecular flexibility index (Phi) is 2.24. The normalized spacial score (nSPS) is 33.4. The molecule has 1 aliphatic carbocycles. The fourth-order valence-electron chi connectivity index (χ4n) is 0.895. The minimum absolute atomic E-state index is 0.113. The third-order valence-corrected chi connectivity index (χ3v) is 2.48. The number of hydrogen-bond donors (Lipinski definition) is 3. The molecule has 0 aromatic rings. The second-order valence-electron chi connectivity index (χ2n) is 2.42. The van der Waals surface area contributed by atoms with Crippen molar-refractivity contribution in [3.05, 3.63) is 0 Å². The van der Waals surface area contributed by atoms with Gasteiger partial charge in [0.2, 0.25) is 0 Å². The van der Waals surface area contributed by atoms with Gasteiger partial charge in [-0.25, -0.2) is 0 Å². The van der Waals surface area contributed by atoms with E-state index in [4.69, 9.17) is 4.55 Å². The van der Waals surface area contributed by atoms with Crippen LogP contribution >= 0.6 is 12.6 Å². The molecular formula is C4H9NO3S2. The van der Waals surface area contributed by atoms with Gasteiger partial charge in [-0.05, 0) is 12.8 Å². The molecule has 0 radical (unpaired) electrons. The lowest BCUT2D eigenvalue weighted by Gasteiger charge is -2.30. The summed E-state index contributed by atoms with van der Waals surface area (Å²) in [4.78, 5) is 0. The fraction of sp³-hybridized carbons (Fsp3) is 1.00. The van der Waals surface area contributed by atoms with Crippen molar-refractivity contribution < 1.29 is 13.0 Å². The Morgan fingerprint density at radius 1 is 1.50 bits per heavy atom. The highest BCUT2D eigenvalue weighted by Gasteiger charge is 2.28. The van der Waals surface area contributed by atoms with Gasteiger partial charge in [0.15, 0.2) is 0 Å². The summed E-state index contributed by atoms with van der Waals surface area (Å²) in [5, 5.41) is 0.277. The lowest BCUT2D eigenvalue weighted by Crippen LogP contribution is -2.44. The zero-order valence-electron chi connectivity index (χ0n) is 5.19. The number of thiol groups is 1. The van der Waals surface area contributed by atoms with Crippen LogP contribution in [0.5, 0.6) is 0 Å². The molecule has 0 atom stereocenters. The molecule has 1 rings (SSSR count). The molecule has 10 heavy (non-hydrogen) atoms. The molecule has 60 valence electrons. The van der Waals surface area contributed by atoms with Crippen LogP contribution in [-0.4, -0.2) is 24.3 Å². The van der Waals surface area contributed by atoms with Crippen LogP contribution < -0.4 is 4.72 Å². The molecule has 0 saturated heterocycles. The van der Waals surface area contributed by atoms with E-state index in [1.54, 1.807) is 0 Å². The molecule has 0 aliphatic heterocycles. The summed E-state index contributed by atoms with van der Waals surface area (Å²) < 4.78 is 30.7. The van der Waals surface area contributed by atoms with E-state index >= 15 is 0 Å². The molecule has 0 heterocycles. The maximum Gasteiger partial charge on any atom is 0.333 e. The molecule has 0 unspecified atom stereocenters. The van der Waals surface area contributed by atoms with E-state index in [2.05, 4.69) is 17.4 Å². The zero-order valence-corrected chi connectivity index (χ0v) is 6.90. The Morgan fingerprint density at radius 3 is 2.30 bits per heavy atom. The Morgan fingerprint density at radius 2 is 2.00 bits per heavy atom. The molecule has 2 N–H and O–H groups in total. The Hall–Kier alpha value is 0.220. The van der Waals surface area contributed by atoms with Crippen molar-refractivity contribution in [2.24, 2.45) is 0 Å². The van der Waals surface area contributed by atoms with Gasteiger partial charge in [0.25, 0.3) is 0 Å². The van der Waals surface area contributed by atoms with Gasteiger partial charge in [-0.15, -0.1) is 0 Å². The summed E-state index contributed by atoms with van der Waals surface area (Å²) in [6.07, 6.45) is 1.39. The van der Waals surface area contributed by atoms with E-state index in [1.165, 1.54) is 0 Å². The predicted octanol–water partition coefficient (Wildman–Crippen LogP) is -0.160. The van der Waals surface area contributed by atoms with Crippen molar-refractivity contribution in [1.82, 2.24) is 4.72 Å². The molecule has 0 spiro atoms. The van der Waals surface area contributed by atoms with Crippen LogP contribution in [-0.2, 0) is 10.3 Å². The van der Waals surface area contributed by atoms with Gasteiger partial charge < -0.3 is 0 Å². The van der Waals surface area contributed by atoms with Crippen LogP contribution in [0.15, 0.2) is 0 Å². The summed E-state index contributed by atoms with van der Waals surface area (Å²) in [6, 6.07) is -0.113. The fourth-order valence-corrected chi connectivity index (χ4v) is 2.02. The molecule has 1 fully saturated rings. The van der Waals surface area contributed by atoms with E-state index in [0.29, 0.717) is 12.8 Å². The highest BCUT2D eigenvalue weighted by Crippen LogP contribution is 2.24. The quantitative estimate of drug-likeness (QED) is 0.411. The summed E-state index contributed by atoms with van der Waals surface area (Å²) in [7, 11) is -3.99. The number of nitrogens with one attached hydrogen (secondary N) is 1. The van der Waals surface area contributed by atoms with Crippen LogP contribution in [0, 0.1) is 0 Å². The summed E-state index contributed by atoms with van der Waals surface area (Å²) in [5.41, 5.74) is 0. The van der Waals surface area contributed by atoms with Crippen molar-refractivity contribution in [3.8, 4) is 0 Å².